The third-order valence-electron chi connectivity index (χ3n) is 5.71. The number of rotatable bonds is 4. The van der Waals surface area contributed by atoms with Gasteiger partial charge in [0.25, 0.3) is 5.91 Å². The van der Waals surface area contributed by atoms with Crippen LogP contribution in [0.15, 0.2) is 78.9 Å². The van der Waals surface area contributed by atoms with Crippen LogP contribution >= 0.6 is 0 Å². The van der Waals surface area contributed by atoms with E-state index in [1.54, 1.807) is 12.1 Å². The Morgan fingerprint density at radius 3 is 2.59 bits per heavy atom. The summed E-state index contributed by atoms with van der Waals surface area (Å²) < 4.78 is 13.9. The number of nitrogens with zero attached hydrogens (tertiary/aromatic N) is 2. The summed E-state index contributed by atoms with van der Waals surface area (Å²) in [5.74, 6) is 0.518. The third kappa shape index (κ3) is 4.01. The SMILES string of the molecule is Cc1ccc(NC(=O)c2ccc(N3CCCS3=O)cc2)cc1-c1ccc2ccccc2n1. The van der Waals surface area contributed by atoms with E-state index in [-0.39, 0.29) is 5.91 Å². The molecule has 32 heavy (non-hydrogen) atoms. The van der Waals surface area contributed by atoms with Crippen molar-refractivity contribution in [3.63, 3.8) is 0 Å². The first-order chi connectivity index (χ1) is 15.6. The van der Waals surface area contributed by atoms with Crippen molar-refractivity contribution in [2.24, 2.45) is 0 Å². The Bertz CT molecular complexity index is 1330. The number of hydrogen-bond donors (Lipinski definition) is 1. The molecule has 1 unspecified atom stereocenters. The molecule has 1 aromatic heterocycles. The molecule has 1 aliphatic heterocycles. The number of anilines is 2. The number of para-hydroxylation sites is 1. The van der Waals surface area contributed by atoms with E-state index in [2.05, 4.69) is 11.4 Å². The number of pyridine rings is 1. The van der Waals surface area contributed by atoms with Crippen LogP contribution < -0.4 is 9.62 Å². The van der Waals surface area contributed by atoms with Crippen LogP contribution in [0, 0.1) is 6.92 Å². The number of nitrogens with one attached hydrogen (secondary N) is 1. The molecule has 1 saturated heterocycles. The van der Waals surface area contributed by atoms with Crippen molar-refractivity contribution in [2.45, 2.75) is 13.3 Å². The molecule has 3 aromatic carbocycles. The number of hydrogen-bond acceptors (Lipinski definition) is 3. The maximum Gasteiger partial charge on any atom is 0.255 e. The fraction of sp³-hybridized carbons (Fsp3) is 0.154. The normalized spacial score (nSPS) is 15.8. The molecular formula is C26H23N3O2S. The maximum absolute atomic E-state index is 12.8. The average Bonchev–Trinajstić information content (AvgIpc) is 3.26. The Kier molecular flexibility index (Phi) is 5.45. The summed E-state index contributed by atoms with van der Waals surface area (Å²) >= 11 is 0. The molecule has 1 aliphatic rings. The molecule has 0 spiro atoms. The zero-order valence-corrected chi connectivity index (χ0v) is 18.6. The second-order valence-corrected chi connectivity index (χ2v) is 9.39. The topological polar surface area (TPSA) is 62.3 Å². The van der Waals surface area contributed by atoms with Gasteiger partial charge in [-0.2, -0.15) is 0 Å². The minimum Gasteiger partial charge on any atom is -0.322 e. The highest BCUT2D eigenvalue weighted by Crippen LogP contribution is 2.28. The lowest BCUT2D eigenvalue weighted by atomic mass is 10.0. The Morgan fingerprint density at radius 1 is 1.00 bits per heavy atom. The van der Waals surface area contributed by atoms with Crippen molar-refractivity contribution in [1.82, 2.24) is 4.98 Å². The first-order valence-electron chi connectivity index (χ1n) is 10.6. The van der Waals surface area contributed by atoms with E-state index in [9.17, 15) is 9.00 Å². The van der Waals surface area contributed by atoms with Gasteiger partial charge in [0, 0.05) is 40.2 Å². The largest absolute Gasteiger partial charge is 0.322 e. The molecule has 160 valence electrons. The van der Waals surface area contributed by atoms with Crippen molar-refractivity contribution in [3.8, 4) is 11.3 Å². The number of carbonyl (C=O) groups excluding carboxylic acids is 1. The van der Waals surface area contributed by atoms with Crippen LogP contribution in [-0.4, -0.2) is 27.4 Å². The molecule has 0 aliphatic carbocycles. The van der Waals surface area contributed by atoms with Crippen molar-refractivity contribution >= 4 is 39.2 Å². The molecular weight excluding hydrogens is 418 g/mol. The highest BCUT2D eigenvalue weighted by Gasteiger charge is 2.20. The summed E-state index contributed by atoms with van der Waals surface area (Å²) in [6.45, 7) is 2.83. The summed E-state index contributed by atoms with van der Waals surface area (Å²) in [5.41, 5.74) is 6.06. The molecule has 1 N–H and O–H groups in total. The standard InChI is InChI=1S/C26H23N3O2S/c1-18-7-11-21(17-23(18)25-14-10-19-5-2-3-6-24(19)28-25)27-26(30)20-8-12-22(13-9-20)29-15-4-16-32(29)31/h2-3,5-14,17H,4,15-16H2,1H3,(H,27,30). The second-order valence-electron chi connectivity index (χ2n) is 7.90. The quantitative estimate of drug-likeness (QED) is 0.465. The van der Waals surface area contributed by atoms with Crippen LogP contribution in [0.4, 0.5) is 11.4 Å². The summed E-state index contributed by atoms with van der Waals surface area (Å²) in [7, 11) is -0.966. The van der Waals surface area contributed by atoms with Crippen molar-refractivity contribution < 1.29 is 9.00 Å². The van der Waals surface area contributed by atoms with Gasteiger partial charge in [0.05, 0.1) is 11.2 Å². The molecule has 1 amide bonds. The predicted molar refractivity (Wildman–Crippen MR) is 131 cm³/mol. The molecule has 2 heterocycles. The van der Waals surface area contributed by atoms with Crippen LogP contribution in [0.3, 0.4) is 0 Å². The maximum atomic E-state index is 12.8. The number of benzene rings is 3. The van der Waals surface area contributed by atoms with Gasteiger partial charge in [0.1, 0.15) is 11.0 Å². The van der Waals surface area contributed by atoms with E-state index < -0.39 is 11.0 Å². The van der Waals surface area contributed by atoms with E-state index in [4.69, 9.17) is 4.98 Å². The van der Waals surface area contributed by atoms with Crippen LogP contribution in [0.5, 0.6) is 0 Å². The number of aromatic nitrogens is 1. The highest BCUT2D eigenvalue weighted by atomic mass is 32.2. The number of amides is 1. The van der Waals surface area contributed by atoms with Crippen LogP contribution in [0.25, 0.3) is 22.2 Å². The summed E-state index contributed by atoms with van der Waals surface area (Å²) in [4.78, 5) is 17.6. The van der Waals surface area contributed by atoms with Gasteiger partial charge in [-0.15, -0.1) is 0 Å². The van der Waals surface area contributed by atoms with Crippen LogP contribution in [-0.2, 0) is 11.0 Å². The van der Waals surface area contributed by atoms with E-state index in [1.165, 1.54) is 0 Å². The molecule has 1 atom stereocenters. The van der Waals surface area contributed by atoms with E-state index in [0.29, 0.717) is 11.3 Å². The zero-order valence-electron chi connectivity index (χ0n) is 17.7. The predicted octanol–water partition coefficient (Wildman–Crippen LogP) is 5.34. The van der Waals surface area contributed by atoms with Gasteiger partial charge in [0.15, 0.2) is 0 Å². The van der Waals surface area contributed by atoms with E-state index >= 15 is 0 Å². The van der Waals surface area contributed by atoms with Crippen LogP contribution in [0.1, 0.15) is 22.3 Å². The summed E-state index contributed by atoms with van der Waals surface area (Å²) in [5, 5.41) is 4.09. The van der Waals surface area contributed by atoms with Gasteiger partial charge in [-0.1, -0.05) is 30.3 Å². The zero-order chi connectivity index (χ0) is 22.1. The average molecular weight is 442 g/mol. The third-order valence-corrected chi connectivity index (χ3v) is 7.24. The highest BCUT2D eigenvalue weighted by molar-refractivity contribution is 7.86. The Balaban J connectivity index is 1.37. The van der Waals surface area contributed by atoms with Crippen LogP contribution in [0.2, 0.25) is 0 Å². The minimum atomic E-state index is -0.966. The van der Waals surface area contributed by atoms with Crippen molar-refractivity contribution in [1.29, 1.82) is 0 Å². The monoisotopic (exact) mass is 441 g/mol. The van der Waals surface area contributed by atoms with E-state index in [1.807, 2.05) is 71.9 Å². The first-order valence-corrected chi connectivity index (χ1v) is 11.9. The summed E-state index contributed by atoms with van der Waals surface area (Å²) in [6, 6.07) is 25.2. The fourth-order valence-electron chi connectivity index (χ4n) is 3.96. The summed E-state index contributed by atoms with van der Waals surface area (Å²) in [6.07, 6.45) is 0.927. The van der Waals surface area contributed by atoms with Gasteiger partial charge >= 0.3 is 0 Å². The molecule has 0 radical (unpaired) electrons. The lowest BCUT2D eigenvalue weighted by Gasteiger charge is -2.16. The van der Waals surface area contributed by atoms with E-state index in [0.717, 1.165) is 52.1 Å². The van der Waals surface area contributed by atoms with Gasteiger partial charge < -0.3 is 5.32 Å². The second kappa shape index (κ2) is 8.55. The van der Waals surface area contributed by atoms with Gasteiger partial charge in [0.2, 0.25) is 0 Å². The molecule has 5 nitrogen and oxygen atoms in total. The smallest absolute Gasteiger partial charge is 0.255 e. The molecule has 5 rings (SSSR count). The Labute approximate surface area is 189 Å². The lowest BCUT2D eigenvalue weighted by molar-refractivity contribution is 0.102. The fourth-order valence-corrected chi connectivity index (χ4v) is 5.25. The van der Waals surface area contributed by atoms with Gasteiger partial charge in [-0.05, 0) is 67.4 Å². The Morgan fingerprint density at radius 2 is 1.81 bits per heavy atom. The number of aryl methyl sites for hydroxylation is 1. The molecule has 1 fully saturated rings. The number of fused-ring (bicyclic) bond motifs is 1. The van der Waals surface area contributed by atoms with Crippen molar-refractivity contribution in [2.75, 3.05) is 21.9 Å². The Hall–Kier alpha value is -3.51. The lowest BCUT2D eigenvalue weighted by Crippen LogP contribution is -2.19. The molecule has 0 bridgehead atoms. The van der Waals surface area contributed by atoms with Crippen molar-refractivity contribution in [3.05, 3.63) is 90.0 Å². The molecule has 0 saturated carbocycles. The number of carbonyl (C=O) groups is 1. The molecule has 4 aromatic rings. The van der Waals surface area contributed by atoms with Gasteiger partial charge in [-0.25, -0.2) is 9.19 Å². The molecule has 6 heteroatoms. The first kappa shape index (κ1) is 20.4. The minimum absolute atomic E-state index is 0.180. The van der Waals surface area contributed by atoms with Gasteiger partial charge in [-0.3, -0.25) is 9.10 Å².